The molecule has 2 aromatic rings. The monoisotopic (exact) mass is 189 g/mol. The minimum absolute atomic E-state index is 0.538. The van der Waals surface area contributed by atoms with Gasteiger partial charge in [0.15, 0.2) is 0 Å². The zero-order valence-electron chi connectivity index (χ0n) is 7.84. The van der Waals surface area contributed by atoms with E-state index in [1.54, 1.807) is 24.6 Å². The van der Waals surface area contributed by atoms with Crippen LogP contribution < -0.4 is 0 Å². The van der Waals surface area contributed by atoms with Gasteiger partial charge in [0, 0.05) is 17.5 Å². The van der Waals surface area contributed by atoms with Crippen LogP contribution in [-0.2, 0) is 0 Å². The first-order chi connectivity index (χ1) is 6.77. The van der Waals surface area contributed by atoms with Crippen molar-refractivity contribution in [1.82, 2.24) is 4.98 Å². The van der Waals surface area contributed by atoms with Crippen LogP contribution in [0.15, 0.2) is 41.1 Å². The minimum Gasteiger partial charge on any atom is -0.466 e. The van der Waals surface area contributed by atoms with Gasteiger partial charge >= 0.3 is 0 Å². The highest BCUT2D eigenvalue weighted by molar-refractivity contribution is 5.22. The number of hydrogen-bond donors (Lipinski definition) is 1. The first-order valence-electron chi connectivity index (χ1n) is 4.41. The van der Waals surface area contributed by atoms with Crippen molar-refractivity contribution in [3.05, 3.63) is 53.7 Å². The topological polar surface area (TPSA) is 46.3 Å². The van der Waals surface area contributed by atoms with E-state index in [9.17, 15) is 5.11 Å². The van der Waals surface area contributed by atoms with Crippen molar-refractivity contribution >= 4 is 0 Å². The number of aryl methyl sites for hydroxylation is 1. The molecular formula is C11H11NO2. The predicted octanol–water partition coefficient (Wildman–Crippen LogP) is 2.06. The molecule has 1 N–H and O–H groups in total. The van der Waals surface area contributed by atoms with E-state index in [0.717, 1.165) is 11.3 Å². The van der Waals surface area contributed by atoms with Crippen molar-refractivity contribution in [1.29, 1.82) is 0 Å². The summed E-state index contributed by atoms with van der Waals surface area (Å²) in [6.07, 6.45) is 2.47. The van der Waals surface area contributed by atoms with Crippen LogP contribution in [0.2, 0.25) is 0 Å². The maximum Gasteiger partial charge on any atom is 0.138 e. The number of hydrogen-bond acceptors (Lipinski definition) is 3. The Bertz CT molecular complexity index is 392. The third-order valence-corrected chi connectivity index (χ3v) is 2.06. The number of pyridine rings is 1. The van der Waals surface area contributed by atoms with Crippen LogP contribution in [-0.4, -0.2) is 10.1 Å². The van der Waals surface area contributed by atoms with E-state index >= 15 is 0 Å². The maximum atomic E-state index is 9.84. The summed E-state index contributed by atoms with van der Waals surface area (Å²) < 4.78 is 5.10. The first-order valence-corrected chi connectivity index (χ1v) is 4.41. The lowest BCUT2D eigenvalue weighted by Crippen LogP contribution is -1.98. The van der Waals surface area contributed by atoms with Crippen LogP contribution in [0.4, 0.5) is 0 Å². The number of aromatic nitrogens is 1. The lowest BCUT2D eigenvalue weighted by atomic mass is 10.1. The average Bonchev–Trinajstić information content (AvgIpc) is 2.71. The highest BCUT2D eigenvalue weighted by atomic mass is 16.4. The average molecular weight is 189 g/mol. The quantitative estimate of drug-likeness (QED) is 0.786. The van der Waals surface area contributed by atoms with Gasteiger partial charge in [-0.2, -0.15) is 0 Å². The fraction of sp³-hybridized carbons (Fsp3) is 0.182. The molecule has 0 amide bonds. The lowest BCUT2D eigenvalue weighted by Gasteiger charge is -2.07. The fourth-order valence-corrected chi connectivity index (χ4v) is 1.25. The second kappa shape index (κ2) is 3.64. The van der Waals surface area contributed by atoms with Crippen LogP contribution in [0.25, 0.3) is 0 Å². The minimum atomic E-state index is -0.724. The van der Waals surface area contributed by atoms with Gasteiger partial charge in [-0.1, -0.05) is 6.07 Å². The van der Waals surface area contributed by atoms with Crippen LogP contribution in [0.1, 0.15) is 23.1 Å². The highest BCUT2D eigenvalue weighted by Gasteiger charge is 2.12. The van der Waals surface area contributed by atoms with E-state index in [1.165, 1.54) is 0 Å². The standard InChI is InChI=1S/C11H11NO2/c1-8-4-5-9(7-12-8)11(13)10-3-2-6-14-10/h2-7,11,13H,1H3. The van der Waals surface area contributed by atoms with E-state index in [0.29, 0.717) is 5.76 Å². The van der Waals surface area contributed by atoms with Crippen LogP contribution in [0, 0.1) is 6.92 Å². The summed E-state index contributed by atoms with van der Waals surface area (Å²) in [5.41, 5.74) is 1.67. The van der Waals surface area contributed by atoms with Gasteiger partial charge in [0.1, 0.15) is 11.9 Å². The number of furan rings is 1. The molecule has 2 heterocycles. The van der Waals surface area contributed by atoms with Gasteiger partial charge in [0.05, 0.1) is 6.26 Å². The van der Waals surface area contributed by atoms with Crippen LogP contribution in [0.3, 0.4) is 0 Å². The Labute approximate surface area is 82.0 Å². The van der Waals surface area contributed by atoms with E-state index in [1.807, 2.05) is 19.1 Å². The lowest BCUT2D eigenvalue weighted by molar-refractivity contribution is 0.189. The molecule has 0 spiro atoms. The zero-order chi connectivity index (χ0) is 9.97. The molecule has 0 aromatic carbocycles. The molecule has 3 nitrogen and oxygen atoms in total. The summed E-state index contributed by atoms with van der Waals surface area (Å²) in [6.45, 7) is 1.91. The molecule has 2 rings (SSSR count). The Morgan fingerprint density at radius 2 is 2.21 bits per heavy atom. The van der Waals surface area contributed by atoms with E-state index in [4.69, 9.17) is 4.42 Å². The number of nitrogens with zero attached hydrogens (tertiary/aromatic N) is 1. The largest absolute Gasteiger partial charge is 0.466 e. The molecule has 14 heavy (non-hydrogen) atoms. The van der Waals surface area contributed by atoms with Gasteiger partial charge < -0.3 is 9.52 Å². The van der Waals surface area contributed by atoms with Crippen molar-refractivity contribution in [3.8, 4) is 0 Å². The van der Waals surface area contributed by atoms with Gasteiger partial charge in [-0.05, 0) is 25.1 Å². The SMILES string of the molecule is Cc1ccc(C(O)c2ccco2)cn1. The fourth-order valence-electron chi connectivity index (χ4n) is 1.25. The van der Waals surface area contributed by atoms with Crippen molar-refractivity contribution in [2.75, 3.05) is 0 Å². The Kier molecular flexibility index (Phi) is 2.33. The van der Waals surface area contributed by atoms with E-state index in [-0.39, 0.29) is 0 Å². The van der Waals surface area contributed by atoms with Crippen LogP contribution >= 0.6 is 0 Å². The highest BCUT2D eigenvalue weighted by Crippen LogP contribution is 2.21. The number of aliphatic hydroxyl groups excluding tert-OH is 1. The summed E-state index contributed by atoms with van der Waals surface area (Å²) in [7, 11) is 0. The molecule has 0 aliphatic rings. The third-order valence-electron chi connectivity index (χ3n) is 2.06. The Morgan fingerprint density at radius 1 is 1.36 bits per heavy atom. The Balaban J connectivity index is 2.28. The molecule has 3 heteroatoms. The van der Waals surface area contributed by atoms with Gasteiger partial charge in [0.2, 0.25) is 0 Å². The second-order valence-electron chi connectivity index (χ2n) is 3.15. The molecule has 0 fully saturated rings. The van der Waals surface area contributed by atoms with Gasteiger partial charge in [-0.25, -0.2) is 0 Å². The van der Waals surface area contributed by atoms with Gasteiger partial charge in [-0.15, -0.1) is 0 Å². The molecule has 72 valence electrons. The molecule has 0 saturated heterocycles. The molecule has 1 atom stereocenters. The summed E-state index contributed by atoms with van der Waals surface area (Å²) in [6, 6.07) is 7.20. The summed E-state index contributed by atoms with van der Waals surface area (Å²) >= 11 is 0. The van der Waals surface area contributed by atoms with E-state index < -0.39 is 6.10 Å². The normalized spacial score (nSPS) is 12.7. The molecule has 0 saturated carbocycles. The Hall–Kier alpha value is -1.61. The molecular weight excluding hydrogens is 178 g/mol. The summed E-state index contributed by atoms with van der Waals surface area (Å²) in [5, 5.41) is 9.84. The maximum absolute atomic E-state index is 9.84. The van der Waals surface area contributed by atoms with E-state index in [2.05, 4.69) is 4.98 Å². The third kappa shape index (κ3) is 1.67. The predicted molar refractivity (Wildman–Crippen MR) is 51.7 cm³/mol. The van der Waals surface area contributed by atoms with Gasteiger partial charge in [-0.3, -0.25) is 4.98 Å². The van der Waals surface area contributed by atoms with Crippen molar-refractivity contribution < 1.29 is 9.52 Å². The molecule has 1 unspecified atom stereocenters. The number of rotatable bonds is 2. The van der Waals surface area contributed by atoms with Crippen LogP contribution in [0.5, 0.6) is 0 Å². The molecule has 2 aromatic heterocycles. The van der Waals surface area contributed by atoms with Crippen molar-refractivity contribution in [3.63, 3.8) is 0 Å². The van der Waals surface area contributed by atoms with Crippen molar-refractivity contribution in [2.24, 2.45) is 0 Å². The summed E-state index contributed by atoms with van der Waals surface area (Å²) in [4.78, 5) is 4.11. The Morgan fingerprint density at radius 3 is 2.79 bits per heavy atom. The molecule has 0 bridgehead atoms. The smallest absolute Gasteiger partial charge is 0.138 e. The number of aliphatic hydroxyl groups is 1. The molecule has 0 radical (unpaired) electrons. The van der Waals surface area contributed by atoms with Crippen molar-refractivity contribution in [2.45, 2.75) is 13.0 Å². The first kappa shape index (κ1) is 8.97. The summed E-state index contributed by atoms with van der Waals surface area (Å²) in [5.74, 6) is 0.538. The second-order valence-corrected chi connectivity index (χ2v) is 3.15. The zero-order valence-corrected chi connectivity index (χ0v) is 7.84. The molecule has 0 aliphatic carbocycles. The van der Waals surface area contributed by atoms with Gasteiger partial charge in [0.25, 0.3) is 0 Å². The molecule has 0 aliphatic heterocycles.